The fraction of sp³-hybridized carbons (Fsp3) is 0.333. The van der Waals surface area contributed by atoms with E-state index in [2.05, 4.69) is 9.97 Å². The Bertz CT molecular complexity index is 721. The van der Waals surface area contributed by atoms with Gasteiger partial charge in [0.15, 0.2) is 11.6 Å². The molecule has 0 aliphatic carbocycles. The molecule has 3 nitrogen and oxygen atoms in total. The zero-order valence-electron chi connectivity index (χ0n) is 11.8. The minimum Gasteiger partial charge on any atom is -0.310 e. The van der Waals surface area contributed by atoms with Crippen molar-refractivity contribution in [1.82, 2.24) is 9.97 Å². The minimum absolute atomic E-state index is 0.0126. The van der Waals surface area contributed by atoms with Gasteiger partial charge in [-0.3, -0.25) is 4.79 Å². The Hall–Kier alpha value is -2.04. The molecule has 0 fully saturated rings. The Labute approximate surface area is 115 Å². The Morgan fingerprint density at radius 1 is 1.15 bits per heavy atom. The molecule has 1 aromatic carbocycles. The highest BCUT2D eigenvalue weighted by atomic mass is 19.2. The van der Waals surface area contributed by atoms with Crippen LogP contribution in [0.1, 0.15) is 36.7 Å². The second kappa shape index (κ2) is 5.15. The van der Waals surface area contributed by atoms with Crippen molar-refractivity contribution in [3.8, 4) is 11.3 Å². The molecule has 20 heavy (non-hydrogen) atoms. The highest BCUT2D eigenvalue weighted by Crippen LogP contribution is 2.26. The van der Waals surface area contributed by atoms with Crippen LogP contribution >= 0.6 is 0 Å². The van der Waals surface area contributed by atoms with Crippen molar-refractivity contribution in [2.75, 3.05) is 0 Å². The monoisotopic (exact) mass is 278 g/mol. The number of benzene rings is 1. The molecule has 0 aliphatic rings. The molecular weight excluding hydrogens is 262 g/mol. The maximum atomic E-state index is 14.1. The zero-order chi connectivity index (χ0) is 15.0. The van der Waals surface area contributed by atoms with Crippen molar-refractivity contribution in [3.63, 3.8) is 0 Å². The van der Waals surface area contributed by atoms with Crippen LogP contribution in [0.3, 0.4) is 0 Å². The lowest BCUT2D eigenvalue weighted by molar-refractivity contribution is 0.505. The molecule has 2 rings (SSSR count). The van der Waals surface area contributed by atoms with E-state index in [0.717, 1.165) is 0 Å². The van der Waals surface area contributed by atoms with Gasteiger partial charge in [0.1, 0.15) is 5.82 Å². The molecule has 0 aliphatic heterocycles. The predicted octanol–water partition coefficient (Wildman–Crippen LogP) is 3.46. The van der Waals surface area contributed by atoms with E-state index in [-0.39, 0.29) is 33.9 Å². The molecule has 1 N–H and O–H groups in total. The lowest BCUT2D eigenvalue weighted by Crippen LogP contribution is -2.17. The SMILES string of the molecule is Cc1ccc(-c2nc(C(C)C)[nH]c(=O)c2C)c(F)c1F. The lowest BCUT2D eigenvalue weighted by Gasteiger charge is -2.11. The smallest absolute Gasteiger partial charge is 0.254 e. The number of hydrogen-bond acceptors (Lipinski definition) is 2. The van der Waals surface area contributed by atoms with Gasteiger partial charge in [0.25, 0.3) is 5.56 Å². The summed E-state index contributed by atoms with van der Waals surface area (Å²) in [6.45, 7) is 6.76. The van der Waals surface area contributed by atoms with E-state index in [1.807, 2.05) is 13.8 Å². The number of halogens is 2. The normalized spacial score (nSPS) is 11.2. The summed E-state index contributed by atoms with van der Waals surface area (Å²) < 4.78 is 27.7. The Morgan fingerprint density at radius 2 is 1.80 bits per heavy atom. The topological polar surface area (TPSA) is 45.8 Å². The second-order valence-electron chi connectivity index (χ2n) is 5.14. The molecule has 1 aromatic heterocycles. The summed E-state index contributed by atoms with van der Waals surface area (Å²) in [6, 6.07) is 2.93. The van der Waals surface area contributed by atoms with Crippen LogP contribution in [-0.2, 0) is 0 Å². The molecule has 5 heteroatoms. The standard InChI is InChI=1S/C15H16F2N2O/c1-7(2)14-18-13(9(4)15(20)19-14)10-6-5-8(3)11(16)12(10)17/h5-7H,1-4H3,(H,18,19,20). The van der Waals surface area contributed by atoms with Gasteiger partial charge in [0, 0.05) is 17.0 Å². The van der Waals surface area contributed by atoms with Gasteiger partial charge >= 0.3 is 0 Å². The number of nitrogens with one attached hydrogen (secondary N) is 1. The van der Waals surface area contributed by atoms with Crippen molar-refractivity contribution < 1.29 is 8.78 Å². The van der Waals surface area contributed by atoms with Gasteiger partial charge in [-0.25, -0.2) is 13.8 Å². The molecule has 0 atom stereocenters. The third kappa shape index (κ3) is 2.35. The van der Waals surface area contributed by atoms with Crippen LogP contribution in [0, 0.1) is 25.5 Å². The first kappa shape index (κ1) is 14.4. The molecule has 0 bridgehead atoms. The maximum absolute atomic E-state index is 14.1. The third-order valence-electron chi connectivity index (χ3n) is 3.25. The molecule has 106 valence electrons. The van der Waals surface area contributed by atoms with E-state index in [4.69, 9.17) is 0 Å². The summed E-state index contributed by atoms with van der Waals surface area (Å²) in [6.07, 6.45) is 0. The molecule has 2 aromatic rings. The molecule has 0 radical (unpaired) electrons. The van der Waals surface area contributed by atoms with E-state index in [9.17, 15) is 13.6 Å². The van der Waals surface area contributed by atoms with Crippen molar-refractivity contribution in [3.05, 3.63) is 51.1 Å². The van der Waals surface area contributed by atoms with Gasteiger partial charge in [-0.1, -0.05) is 19.9 Å². The number of aromatic amines is 1. The fourth-order valence-corrected chi connectivity index (χ4v) is 1.91. The highest BCUT2D eigenvalue weighted by Gasteiger charge is 2.18. The van der Waals surface area contributed by atoms with Crippen LogP contribution in [-0.4, -0.2) is 9.97 Å². The minimum atomic E-state index is -0.971. The quantitative estimate of drug-likeness (QED) is 0.914. The number of nitrogens with zero attached hydrogens (tertiary/aromatic N) is 1. The molecule has 0 unspecified atom stereocenters. The number of aromatic nitrogens is 2. The van der Waals surface area contributed by atoms with Crippen LogP contribution < -0.4 is 5.56 Å². The summed E-state index contributed by atoms with van der Waals surface area (Å²) in [5, 5.41) is 0. The van der Waals surface area contributed by atoms with E-state index < -0.39 is 11.6 Å². The summed E-state index contributed by atoms with van der Waals surface area (Å²) in [7, 11) is 0. The Morgan fingerprint density at radius 3 is 2.40 bits per heavy atom. The molecular formula is C15H16F2N2O. The van der Waals surface area contributed by atoms with Crippen LogP contribution in [0.4, 0.5) is 8.78 Å². The molecule has 0 saturated carbocycles. The van der Waals surface area contributed by atoms with Gasteiger partial charge in [-0.2, -0.15) is 0 Å². The first-order chi connectivity index (χ1) is 9.32. The average Bonchev–Trinajstić information content (AvgIpc) is 2.39. The van der Waals surface area contributed by atoms with E-state index in [0.29, 0.717) is 5.82 Å². The summed E-state index contributed by atoms with van der Waals surface area (Å²) in [4.78, 5) is 18.8. The second-order valence-corrected chi connectivity index (χ2v) is 5.14. The molecule has 0 amide bonds. The van der Waals surface area contributed by atoms with Crippen molar-refractivity contribution in [1.29, 1.82) is 0 Å². The Kier molecular flexibility index (Phi) is 3.70. The number of hydrogen-bond donors (Lipinski definition) is 1. The first-order valence-corrected chi connectivity index (χ1v) is 6.38. The van der Waals surface area contributed by atoms with Crippen molar-refractivity contribution in [2.24, 2.45) is 0 Å². The Balaban J connectivity index is 2.76. The zero-order valence-corrected chi connectivity index (χ0v) is 11.8. The third-order valence-corrected chi connectivity index (χ3v) is 3.25. The van der Waals surface area contributed by atoms with Crippen LogP contribution in [0.2, 0.25) is 0 Å². The fourth-order valence-electron chi connectivity index (χ4n) is 1.91. The summed E-state index contributed by atoms with van der Waals surface area (Å²) >= 11 is 0. The first-order valence-electron chi connectivity index (χ1n) is 6.38. The average molecular weight is 278 g/mol. The van der Waals surface area contributed by atoms with Crippen LogP contribution in [0.5, 0.6) is 0 Å². The van der Waals surface area contributed by atoms with Gasteiger partial charge < -0.3 is 4.98 Å². The van der Waals surface area contributed by atoms with Crippen molar-refractivity contribution >= 4 is 0 Å². The van der Waals surface area contributed by atoms with Crippen LogP contribution in [0.25, 0.3) is 11.3 Å². The maximum Gasteiger partial charge on any atom is 0.254 e. The number of aryl methyl sites for hydroxylation is 1. The summed E-state index contributed by atoms with van der Waals surface area (Å²) in [5.41, 5.74) is 0.362. The van der Waals surface area contributed by atoms with Gasteiger partial charge in [-0.15, -0.1) is 0 Å². The van der Waals surface area contributed by atoms with Crippen molar-refractivity contribution in [2.45, 2.75) is 33.6 Å². The number of H-pyrrole nitrogens is 1. The molecule has 1 heterocycles. The van der Waals surface area contributed by atoms with E-state index in [1.165, 1.54) is 19.1 Å². The van der Waals surface area contributed by atoms with E-state index >= 15 is 0 Å². The number of rotatable bonds is 2. The summed E-state index contributed by atoms with van der Waals surface area (Å²) in [5.74, 6) is -1.44. The molecule has 0 spiro atoms. The van der Waals surface area contributed by atoms with E-state index in [1.54, 1.807) is 6.92 Å². The lowest BCUT2D eigenvalue weighted by atomic mass is 10.0. The van der Waals surface area contributed by atoms with Gasteiger partial charge in [-0.05, 0) is 25.5 Å². The van der Waals surface area contributed by atoms with Gasteiger partial charge in [0.05, 0.1) is 5.69 Å². The molecule has 0 saturated heterocycles. The largest absolute Gasteiger partial charge is 0.310 e. The predicted molar refractivity (Wildman–Crippen MR) is 73.8 cm³/mol. The highest BCUT2D eigenvalue weighted by molar-refractivity contribution is 5.63. The van der Waals surface area contributed by atoms with Crippen LogP contribution in [0.15, 0.2) is 16.9 Å². The van der Waals surface area contributed by atoms with Gasteiger partial charge in [0.2, 0.25) is 0 Å².